The molecule has 0 bridgehead atoms. The van der Waals surface area contributed by atoms with Gasteiger partial charge >= 0.3 is 0 Å². The highest BCUT2D eigenvalue weighted by atomic mass is 32.4. The summed E-state index contributed by atoms with van der Waals surface area (Å²) in [6.45, 7) is 34.2. The van der Waals surface area contributed by atoms with Gasteiger partial charge in [-0.05, 0) is 41.3 Å². The summed E-state index contributed by atoms with van der Waals surface area (Å²) in [6, 6.07) is 1.91. The summed E-state index contributed by atoms with van der Waals surface area (Å²) in [5.74, 6) is 1.32. The summed E-state index contributed by atoms with van der Waals surface area (Å²) in [6.07, 6.45) is 0. The van der Waals surface area contributed by atoms with Gasteiger partial charge in [0, 0.05) is 0 Å². The predicted molar refractivity (Wildman–Crippen MR) is 141 cm³/mol. The van der Waals surface area contributed by atoms with Gasteiger partial charge in [0.05, 0.1) is 6.07 Å². The van der Waals surface area contributed by atoms with Crippen LogP contribution in [0.25, 0.3) is 0 Å². The maximum atomic E-state index is 6.57. The van der Waals surface area contributed by atoms with Crippen molar-refractivity contribution in [3.05, 3.63) is 6.07 Å². The zero-order chi connectivity index (χ0) is 24.0. The Morgan fingerprint density at radius 3 is 1.23 bits per heavy atom. The van der Waals surface area contributed by atoms with Crippen molar-refractivity contribution in [1.82, 2.24) is 9.97 Å². The summed E-state index contributed by atoms with van der Waals surface area (Å²) >= 11 is 1.84. The van der Waals surface area contributed by atoms with Crippen molar-refractivity contribution in [3.8, 4) is 11.8 Å². The summed E-state index contributed by atoms with van der Waals surface area (Å²) < 4.78 is 13.1. The van der Waals surface area contributed by atoms with E-state index in [2.05, 4.69) is 102 Å². The van der Waals surface area contributed by atoms with E-state index in [0.717, 1.165) is 5.16 Å². The van der Waals surface area contributed by atoms with E-state index in [-0.39, 0.29) is 15.1 Å². The van der Waals surface area contributed by atoms with E-state index in [4.69, 9.17) is 18.8 Å². The second-order valence-electron chi connectivity index (χ2n) is 12.9. The molecule has 0 fully saturated rings. The number of aromatic nitrogens is 2. The van der Waals surface area contributed by atoms with Crippen LogP contribution in [-0.4, -0.2) is 33.8 Å². The lowest BCUT2D eigenvalue weighted by molar-refractivity contribution is 0.443. The second-order valence-corrected chi connectivity index (χ2v) is 31.1. The van der Waals surface area contributed by atoms with Gasteiger partial charge < -0.3 is 8.85 Å². The van der Waals surface area contributed by atoms with Crippen molar-refractivity contribution in [3.63, 3.8) is 0 Å². The third kappa shape index (κ3) is 6.84. The van der Waals surface area contributed by atoms with Crippen molar-refractivity contribution in [2.75, 3.05) is 0 Å². The monoisotopic (exact) mass is 486 g/mol. The van der Waals surface area contributed by atoms with Gasteiger partial charge in [0.1, 0.15) is 7.22 Å². The Morgan fingerprint density at radius 2 is 0.967 bits per heavy atom. The quantitative estimate of drug-likeness (QED) is 0.298. The van der Waals surface area contributed by atoms with E-state index in [9.17, 15) is 0 Å². The van der Waals surface area contributed by atoms with Crippen LogP contribution in [0.4, 0.5) is 0 Å². The standard InChI is InChI=1S/C22H46N2O2SSi3/c1-20(2,3)28(10,11)25-17-16-18(26-29(12,13)21(4,5)6)24-19(23-17)27-30(14,15)22(7,8)9/h16H,1-15H3. The van der Waals surface area contributed by atoms with E-state index < -0.39 is 23.9 Å². The molecule has 0 aliphatic rings. The van der Waals surface area contributed by atoms with Crippen LogP contribution in [-0.2, 0) is 0 Å². The van der Waals surface area contributed by atoms with Gasteiger partial charge in [0.15, 0.2) is 5.16 Å². The van der Waals surface area contributed by atoms with Crippen molar-refractivity contribution in [1.29, 1.82) is 0 Å². The van der Waals surface area contributed by atoms with E-state index >= 15 is 0 Å². The van der Waals surface area contributed by atoms with Crippen LogP contribution in [0.15, 0.2) is 11.2 Å². The van der Waals surface area contributed by atoms with Crippen LogP contribution < -0.4 is 8.85 Å². The van der Waals surface area contributed by atoms with Gasteiger partial charge in [-0.25, -0.2) is 0 Å². The molecule has 0 atom stereocenters. The molecule has 4 nitrogen and oxygen atoms in total. The molecule has 0 N–H and O–H groups in total. The smallest absolute Gasteiger partial charge is 0.252 e. The highest BCUT2D eigenvalue weighted by Crippen LogP contribution is 2.46. The van der Waals surface area contributed by atoms with Crippen LogP contribution in [0.2, 0.25) is 54.4 Å². The van der Waals surface area contributed by atoms with Crippen molar-refractivity contribution < 1.29 is 8.85 Å². The lowest BCUT2D eigenvalue weighted by Gasteiger charge is -2.38. The fourth-order valence-electron chi connectivity index (χ4n) is 1.74. The Labute approximate surface area is 193 Å². The normalized spacial score (nSPS) is 14.6. The van der Waals surface area contributed by atoms with Gasteiger partial charge in [0.25, 0.3) is 16.6 Å². The molecule has 0 spiro atoms. The lowest BCUT2D eigenvalue weighted by Crippen LogP contribution is -2.45. The zero-order valence-corrected chi connectivity index (χ0v) is 26.0. The fraction of sp³-hybridized carbons (Fsp3) is 0.818. The molecule has 1 aromatic rings. The van der Waals surface area contributed by atoms with E-state index in [1.165, 1.54) is 0 Å². The fourth-order valence-corrected chi connectivity index (χ4v) is 7.21. The maximum absolute atomic E-state index is 6.57. The minimum Gasteiger partial charge on any atom is -0.530 e. The lowest BCUT2D eigenvalue weighted by atomic mass is 10.2. The molecule has 0 aliphatic heterocycles. The highest BCUT2D eigenvalue weighted by Gasteiger charge is 2.42. The van der Waals surface area contributed by atoms with E-state index in [1.54, 1.807) is 0 Å². The average molecular weight is 487 g/mol. The number of hydrogen-bond donors (Lipinski definition) is 0. The van der Waals surface area contributed by atoms with E-state index in [0.29, 0.717) is 11.8 Å². The molecule has 0 aliphatic carbocycles. The molecule has 0 saturated carbocycles. The molecule has 0 aromatic carbocycles. The summed E-state index contributed by atoms with van der Waals surface area (Å²) in [5, 5.41) is 1.22. The molecule has 1 rings (SSSR count). The average Bonchev–Trinajstić information content (AvgIpc) is 2.41. The van der Waals surface area contributed by atoms with Gasteiger partial charge in [-0.2, -0.15) is 9.97 Å². The van der Waals surface area contributed by atoms with Crippen molar-refractivity contribution in [2.24, 2.45) is 0 Å². The first kappa shape index (κ1) is 27.7. The molecular weight excluding hydrogens is 441 g/mol. The van der Waals surface area contributed by atoms with Crippen LogP contribution in [0.1, 0.15) is 62.3 Å². The molecule has 1 aromatic heterocycles. The minimum atomic E-state index is -2.01. The Balaban J connectivity index is 3.45. The first-order valence-corrected chi connectivity index (χ1v) is 21.3. The number of rotatable bonds is 6. The zero-order valence-electron chi connectivity index (χ0n) is 22.2. The molecular formula is C22H46N2O2SSi3. The molecule has 174 valence electrons. The first-order chi connectivity index (χ1) is 13.0. The Kier molecular flexibility index (Phi) is 7.90. The number of nitrogens with zero attached hydrogens (tertiary/aromatic N) is 2. The maximum Gasteiger partial charge on any atom is 0.252 e. The predicted octanol–water partition coefficient (Wildman–Crippen LogP) is 8.34. The van der Waals surface area contributed by atoms with Crippen LogP contribution in [0, 0.1) is 0 Å². The van der Waals surface area contributed by atoms with Crippen molar-refractivity contribution in [2.45, 2.75) is 122 Å². The Hall–Kier alpha value is -0.319. The SMILES string of the molecule is CC(C)(C)[Si](C)(C)Oc1cc(O[Si](C)(C)C(C)(C)C)nc(S[Si](C)(C)C(C)(C)C)n1. The van der Waals surface area contributed by atoms with Gasteiger partial charge in [0.2, 0.25) is 11.8 Å². The third-order valence-electron chi connectivity index (χ3n) is 7.14. The Morgan fingerprint density at radius 1 is 0.633 bits per heavy atom. The highest BCUT2D eigenvalue weighted by molar-refractivity contribution is 8.28. The number of hydrogen-bond acceptors (Lipinski definition) is 5. The second kappa shape index (κ2) is 8.56. The van der Waals surface area contributed by atoms with Crippen molar-refractivity contribution >= 4 is 35.1 Å². The van der Waals surface area contributed by atoms with Crippen LogP contribution in [0.5, 0.6) is 11.8 Å². The molecule has 0 unspecified atom stereocenters. The van der Waals surface area contributed by atoms with Crippen LogP contribution in [0.3, 0.4) is 0 Å². The molecule has 8 heteroatoms. The van der Waals surface area contributed by atoms with Gasteiger partial charge in [-0.15, -0.1) is 11.2 Å². The molecule has 0 saturated heterocycles. The van der Waals surface area contributed by atoms with Gasteiger partial charge in [-0.1, -0.05) is 75.4 Å². The third-order valence-corrected chi connectivity index (χ3v) is 24.2. The van der Waals surface area contributed by atoms with Gasteiger partial charge in [-0.3, -0.25) is 0 Å². The molecule has 0 radical (unpaired) electrons. The first-order valence-electron chi connectivity index (χ1n) is 10.9. The van der Waals surface area contributed by atoms with E-state index in [1.807, 2.05) is 17.3 Å². The summed E-state index contributed by atoms with van der Waals surface area (Å²) in [5.41, 5.74) is 0. The minimum absolute atomic E-state index is 0.102. The summed E-state index contributed by atoms with van der Waals surface area (Å²) in [4.78, 5) is 9.71. The Bertz CT molecular complexity index is 634. The molecule has 1 heterocycles. The summed E-state index contributed by atoms with van der Waals surface area (Å²) in [7, 11) is -5.71. The largest absolute Gasteiger partial charge is 0.530 e. The van der Waals surface area contributed by atoms with Crippen LogP contribution >= 0.6 is 11.2 Å². The molecule has 30 heavy (non-hydrogen) atoms. The topological polar surface area (TPSA) is 44.2 Å². The molecule has 0 amide bonds.